The zero-order valence-corrected chi connectivity index (χ0v) is 16.1. The summed E-state index contributed by atoms with van der Waals surface area (Å²) in [7, 11) is 0. The van der Waals surface area contributed by atoms with Crippen molar-refractivity contribution in [3.05, 3.63) is 54.6 Å². The molecule has 0 saturated carbocycles. The Morgan fingerprint density at radius 1 is 0.852 bits per heavy atom. The van der Waals surface area contributed by atoms with Crippen molar-refractivity contribution in [1.82, 2.24) is 0 Å². The molecule has 2 aromatic rings. The SMILES string of the molecule is CC(C)CCCOC(=O)CCCC(=O)Oc1ccccc1-c1ccccc1. The van der Waals surface area contributed by atoms with Crippen LogP contribution in [0.2, 0.25) is 0 Å². The van der Waals surface area contributed by atoms with Gasteiger partial charge in [-0.2, -0.15) is 0 Å². The minimum atomic E-state index is -0.342. The highest BCUT2D eigenvalue weighted by Crippen LogP contribution is 2.29. The van der Waals surface area contributed by atoms with Crippen LogP contribution in [0.4, 0.5) is 0 Å². The summed E-state index contributed by atoms with van der Waals surface area (Å²) in [6, 6.07) is 17.2. The number of para-hydroxylation sites is 1. The van der Waals surface area contributed by atoms with Crippen LogP contribution in [0.15, 0.2) is 54.6 Å². The Hall–Kier alpha value is -2.62. The van der Waals surface area contributed by atoms with Crippen molar-refractivity contribution in [3.8, 4) is 16.9 Å². The number of hydrogen-bond donors (Lipinski definition) is 0. The lowest BCUT2D eigenvalue weighted by atomic mass is 10.1. The third-order valence-electron chi connectivity index (χ3n) is 4.15. The number of carbonyl (C=O) groups is 2. The number of rotatable bonds is 10. The van der Waals surface area contributed by atoms with Gasteiger partial charge in [-0.1, -0.05) is 62.4 Å². The topological polar surface area (TPSA) is 52.6 Å². The Balaban J connectivity index is 1.76. The molecule has 0 heterocycles. The van der Waals surface area contributed by atoms with Crippen LogP contribution in [-0.4, -0.2) is 18.5 Å². The standard InChI is InChI=1S/C23H28O4/c1-18(2)10-9-17-26-22(24)15-8-16-23(25)27-21-14-7-6-13-20(21)19-11-4-3-5-12-19/h3-7,11-14,18H,8-10,15-17H2,1-2H3. The summed E-state index contributed by atoms with van der Waals surface area (Å²) >= 11 is 0. The lowest BCUT2D eigenvalue weighted by Gasteiger charge is -2.10. The lowest BCUT2D eigenvalue weighted by Crippen LogP contribution is -2.11. The summed E-state index contributed by atoms with van der Waals surface area (Å²) < 4.78 is 10.7. The van der Waals surface area contributed by atoms with Crippen LogP contribution in [0.1, 0.15) is 46.0 Å². The Bertz CT molecular complexity index is 722. The minimum Gasteiger partial charge on any atom is -0.466 e. The first-order chi connectivity index (χ1) is 13.1. The van der Waals surface area contributed by atoms with E-state index in [2.05, 4.69) is 13.8 Å². The van der Waals surface area contributed by atoms with Crippen LogP contribution in [0.25, 0.3) is 11.1 Å². The van der Waals surface area contributed by atoms with E-state index in [0.29, 0.717) is 24.7 Å². The third kappa shape index (κ3) is 7.65. The van der Waals surface area contributed by atoms with Crippen LogP contribution in [0, 0.1) is 5.92 Å². The molecule has 0 atom stereocenters. The van der Waals surface area contributed by atoms with Gasteiger partial charge in [0.25, 0.3) is 0 Å². The molecule has 27 heavy (non-hydrogen) atoms. The van der Waals surface area contributed by atoms with E-state index in [1.807, 2.05) is 48.5 Å². The van der Waals surface area contributed by atoms with E-state index in [0.717, 1.165) is 24.0 Å². The van der Waals surface area contributed by atoms with Gasteiger partial charge in [0.1, 0.15) is 5.75 Å². The summed E-state index contributed by atoms with van der Waals surface area (Å²) in [5.74, 6) is 0.546. The predicted molar refractivity (Wildman–Crippen MR) is 106 cm³/mol. The molecule has 144 valence electrons. The fraction of sp³-hybridized carbons (Fsp3) is 0.391. The van der Waals surface area contributed by atoms with Crippen LogP contribution in [0.5, 0.6) is 5.75 Å². The Kier molecular flexibility index (Phi) is 8.56. The van der Waals surface area contributed by atoms with Crippen molar-refractivity contribution >= 4 is 11.9 Å². The first-order valence-electron chi connectivity index (χ1n) is 9.57. The summed E-state index contributed by atoms with van der Waals surface area (Å²) in [5.41, 5.74) is 1.86. The van der Waals surface area contributed by atoms with Crippen LogP contribution < -0.4 is 4.74 Å². The fourth-order valence-corrected chi connectivity index (χ4v) is 2.71. The number of carbonyl (C=O) groups excluding carboxylic acids is 2. The molecule has 0 saturated heterocycles. The molecule has 4 nitrogen and oxygen atoms in total. The maximum Gasteiger partial charge on any atom is 0.311 e. The largest absolute Gasteiger partial charge is 0.466 e. The molecule has 0 unspecified atom stereocenters. The normalized spacial score (nSPS) is 10.6. The van der Waals surface area contributed by atoms with Crippen molar-refractivity contribution in [1.29, 1.82) is 0 Å². The second-order valence-electron chi connectivity index (χ2n) is 6.95. The molecule has 0 aromatic heterocycles. The average molecular weight is 368 g/mol. The zero-order valence-electron chi connectivity index (χ0n) is 16.1. The smallest absolute Gasteiger partial charge is 0.311 e. The second-order valence-corrected chi connectivity index (χ2v) is 6.95. The van der Waals surface area contributed by atoms with Gasteiger partial charge in [-0.05, 0) is 36.8 Å². The molecule has 0 aliphatic heterocycles. The van der Waals surface area contributed by atoms with Gasteiger partial charge in [0.05, 0.1) is 6.61 Å². The lowest BCUT2D eigenvalue weighted by molar-refractivity contribution is -0.144. The predicted octanol–water partition coefficient (Wildman–Crippen LogP) is 5.41. The maximum atomic E-state index is 12.1. The fourth-order valence-electron chi connectivity index (χ4n) is 2.71. The molecule has 0 amide bonds. The second kappa shape index (κ2) is 11.2. The minimum absolute atomic E-state index is 0.185. The molecule has 2 rings (SSSR count). The van der Waals surface area contributed by atoms with E-state index in [9.17, 15) is 9.59 Å². The van der Waals surface area contributed by atoms with E-state index in [-0.39, 0.29) is 24.8 Å². The van der Waals surface area contributed by atoms with E-state index in [4.69, 9.17) is 9.47 Å². The van der Waals surface area contributed by atoms with Crippen molar-refractivity contribution in [3.63, 3.8) is 0 Å². The molecule has 4 heteroatoms. The van der Waals surface area contributed by atoms with E-state index in [1.54, 1.807) is 6.07 Å². The number of benzene rings is 2. The van der Waals surface area contributed by atoms with Crippen molar-refractivity contribution in [2.75, 3.05) is 6.61 Å². The third-order valence-corrected chi connectivity index (χ3v) is 4.15. The van der Waals surface area contributed by atoms with Crippen molar-refractivity contribution in [2.45, 2.75) is 46.0 Å². The molecule has 0 radical (unpaired) electrons. The van der Waals surface area contributed by atoms with Gasteiger partial charge in [0.15, 0.2) is 0 Å². The molecule has 0 aliphatic rings. The molecular formula is C23H28O4. The molecular weight excluding hydrogens is 340 g/mol. The number of esters is 2. The molecule has 0 aliphatic carbocycles. The quantitative estimate of drug-likeness (QED) is 0.320. The summed E-state index contributed by atoms with van der Waals surface area (Å²) in [4.78, 5) is 23.8. The zero-order chi connectivity index (χ0) is 19.5. The maximum absolute atomic E-state index is 12.1. The molecule has 0 N–H and O–H groups in total. The Labute approximate surface area is 161 Å². The highest BCUT2D eigenvalue weighted by atomic mass is 16.5. The number of ether oxygens (including phenoxy) is 2. The molecule has 0 spiro atoms. The van der Waals surface area contributed by atoms with Crippen molar-refractivity contribution in [2.24, 2.45) is 5.92 Å². The summed E-state index contributed by atoms with van der Waals surface area (Å²) in [5, 5.41) is 0. The van der Waals surface area contributed by atoms with Gasteiger partial charge >= 0.3 is 11.9 Å². The molecule has 2 aromatic carbocycles. The van der Waals surface area contributed by atoms with E-state index >= 15 is 0 Å². The van der Waals surface area contributed by atoms with E-state index < -0.39 is 0 Å². The van der Waals surface area contributed by atoms with Crippen LogP contribution in [-0.2, 0) is 14.3 Å². The monoisotopic (exact) mass is 368 g/mol. The van der Waals surface area contributed by atoms with E-state index in [1.165, 1.54) is 0 Å². The van der Waals surface area contributed by atoms with Gasteiger partial charge < -0.3 is 9.47 Å². The van der Waals surface area contributed by atoms with Gasteiger partial charge in [0.2, 0.25) is 0 Å². The molecule has 0 fully saturated rings. The Morgan fingerprint density at radius 3 is 2.26 bits per heavy atom. The van der Waals surface area contributed by atoms with Gasteiger partial charge in [0, 0.05) is 18.4 Å². The van der Waals surface area contributed by atoms with Crippen LogP contribution >= 0.6 is 0 Å². The first kappa shape index (κ1) is 20.7. The summed E-state index contributed by atoms with van der Waals surface area (Å²) in [6.07, 6.45) is 2.76. The van der Waals surface area contributed by atoms with Crippen molar-refractivity contribution < 1.29 is 19.1 Å². The average Bonchev–Trinajstić information content (AvgIpc) is 2.66. The highest BCUT2D eigenvalue weighted by Gasteiger charge is 2.12. The highest BCUT2D eigenvalue weighted by molar-refractivity contribution is 5.78. The van der Waals surface area contributed by atoms with Gasteiger partial charge in [-0.3, -0.25) is 9.59 Å². The molecule has 0 bridgehead atoms. The van der Waals surface area contributed by atoms with Gasteiger partial charge in [-0.25, -0.2) is 0 Å². The summed E-state index contributed by atoms with van der Waals surface area (Å²) in [6.45, 7) is 4.73. The van der Waals surface area contributed by atoms with Gasteiger partial charge in [-0.15, -0.1) is 0 Å². The number of hydrogen-bond acceptors (Lipinski definition) is 4. The Morgan fingerprint density at radius 2 is 1.52 bits per heavy atom. The van der Waals surface area contributed by atoms with Crippen LogP contribution in [0.3, 0.4) is 0 Å². The first-order valence-corrected chi connectivity index (χ1v) is 9.57.